The number of amides is 1. The summed E-state index contributed by atoms with van der Waals surface area (Å²) in [4.78, 5) is 15.5. The predicted octanol–water partition coefficient (Wildman–Crippen LogP) is 1.91. The molecule has 0 saturated carbocycles. The Bertz CT molecular complexity index is 346. The van der Waals surface area contributed by atoms with E-state index in [0.29, 0.717) is 18.0 Å². The summed E-state index contributed by atoms with van der Waals surface area (Å²) in [5, 5.41) is 2.73. The summed E-state index contributed by atoms with van der Waals surface area (Å²) < 4.78 is 0. The molecule has 0 bridgehead atoms. The minimum atomic E-state index is -0.123. The molecular formula is C11H13ClN2O. The molecule has 3 nitrogen and oxygen atoms in total. The van der Waals surface area contributed by atoms with E-state index in [1.807, 2.05) is 19.1 Å². The maximum absolute atomic E-state index is 11.5. The Morgan fingerprint density at radius 2 is 2.33 bits per heavy atom. The molecule has 15 heavy (non-hydrogen) atoms. The number of halogens is 1. The zero-order valence-electron chi connectivity index (χ0n) is 8.53. The average molecular weight is 225 g/mol. The lowest BCUT2D eigenvalue weighted by Crippen LogP contribution is -2.23. The van der Waals surface area contributed by atoms with Crippen molar-refractivity contribution in [3.63, 3.8) is 0 Å². The highest BCUT2D eigenvalue weighted by Gasteiger charge is 2.02. The number of nitrogens with one attached hydrogen (secondary N) is 1. The Hall–Kier alpha value is -1.35. The quantitative estimate of drug-likeness (QED) is 0.627. The van der Waals surface area contributed by atoms with E-state index in [2.05, 4.69) is 10.3 Å². The standard InChI is InChI=1S/C11H13ClN2O/c1-9-4-5-10(8-14-9)11(15)13-7-3-2-6-12/h2-5,8H,6-7H2,1H3,(H,13,15)/b3-2+. The first-order valence-corrected chi connectivity index (χ1v) is 5.19. The van der Waals surface area contributed by atoms with Gasteiger partial charge in [0.25, 0.3) is 5.91 Å². The van der Waals surface area contributed by atoms with E-state index in [-0.39, 0.29) is 5.91 Å². The smallest absolute Gasteiger partial charge is 0.253 e. The fourth-order valence-electron chi connectivity index (χ4n) is 1.00. The lowest BCUT2D eigenvalue weighted by atomic mass is 10.2. The van der Waals surface area contributed by atoms with Crippen LogP contribution >= 0.6 is 11.6 Å². The predicted molar refractivity (Wildman–Crippen MR) is 61.2 cm³/mol. The summed E-state index contributed by atoms with van der Waals surface area (Å²) in [7, 11) is 0. The van der Waals surface area contributed by atoms with Crippen LogP contribution in [0.2, 0.25) is 0 Å². The molecule has 4 heteroatoms. The monoisotopic (exact) mass is 224 g/mol. The molecule has 0 fully saturated rings. The number of hydrogen-bond donors (Lipinski definition) is 1. The molecule has 0 aliphatic heterocycles. The molecule has 1 amide bonds. The number of aromatic nitrogens is 1. The Morgan fingerprint density at radius 1 is 1.53 bits per heavy atom. The fraction of sp³-hybridized carbons (Fsp3) is 0.273. The molecule has 1 aromatic rings. The lowest BCUT2D eigenvalue weighted by Gasteiger charge is -2.01. The van der Waals surface area contributed by atoms with Crippen molar-refractivity contribution < 1.29 is 4.79 Å². The van der Waals surface area contributed by atoms with E-state index < -0.39 is 0 Å². The zero-order valence-corrected chi connectivity index (χ0v) is 9.29. The second-order valence-electron chi connectivity index (χ2n) is 3.02. The van der Waals surface area contributed by atoms with E-state index in [9.17, 15) is 4.79 Å². The molecule has 0 aromatic carbocycles. The molecule has 1 rings (SSSR count). The van der Waals surface area contributed by atoms with Crippen LogP contribution < -0.4 is 5.32 Å². The van der Waals surface area contributed by atoms with Crippen LogP contribution in [0.5, 0.6) is 0 Å². The van der Waals surface area contributed by atoms with Crippen LogP contribution in [0.1, 0.15) is 16.1 Å². The lowest BCUT2D eigenvalue weighted by molar-refractivity contribution is 0.0957. The number of rotatable bonds is 4. The van der Waals surface area contributed by atoms with Gasteiger partial charge in [-0.15, -0.1) is 11.6 Å². The van der Waals surface area contributed by atoms with Gasteiger partial charge in [-0.25, -0.2) is 0 Å². The van der Waals surface area contributed by atoms with Crippen LogP contribution in [-0.2, 0) is 0 Å². The third kappa shape index (κ3) is 4.13. The summed E-state index contributed by atoms with van der Waals surface area (Å²) in [6.45, 7) is 2.37. The summed E-state index contributed by atoms with van der Waals surface area (Å²) in [6, 6.07) is 3.56. The van der Waals surface area contributed by atoms with Crippen molar-refractivity contribution in [3.8, 4) is 0 Å². The first-order valence-electron chi connectivity index (χ1n) is 4.66. The van der Waals surface area contributed by atoms with Gasteiger partial charge in [-0.3, -0.25) is 9.78 Å². The van der Waals surface area contributed by atoms with Gasteiger partial charge >= 0.3 is 0 Å². The van der Waals surface area contributed by atoms with E-state index >= 15 is 0 Å². The zero-order chi connectivity index (χ0) is 11.1. The molecular weight excluding hydrogens is 212 g/mol. The second-order valence-corrected chi connectivity index (χ2v) is 3.33. The highest BCUT2D eigenvalue weighted by molar-refractivity contribution is 6.18. The summed E-state index contributed by atoms with van der Waals surface area (Å²) in [6.07, 6.45) is 5.16. The van der Waals surface area contributed by atoms with Crippen molar-refractivity contribution in [1.82, 2.24) is 10.3 Å². The molecule has 1 aromatic heterocycles. The van der Waals surface area contributed by atoms with E-state index in [1.54, 1.807) is 18.3 Å². The third-order valence-electron chi connectivity index (χ3n) is 1.81. The van der Waals surface area contributed by atoms with Gasteiger partial charge in [0.05, 0.1) is 5.56 Å². The van der Waals surface area contributed by atoms with E-state index in [1.165, 1.54) is 0 Å². The second kappa shape index (κ2) is 6.19. The molecule has 0 spiro atoms. The van der Waals surface area contributed by atoms with Crippen LogP contribution in [0.3, 0.4) is 0 Å². The normalized spacial score (nSPS) is 10.5. The van der Waals surface area contributed by atoms with Crippen molar-refractivity contribution in [1.29, 1.82) is 0 Å². The molecule has 0 saturated heterocycles. The number of allylic oxidation sites excluding steroid dienone is 1. The van der Waals surface area contributed by atoms with Gasteiger partial charge < -0.3 is 5.32 Å². The number of carbonyl (C=O) groups is 1. The number of hydrogen-bond acceptors (Lipinski definition) is 2. The van der Waals surface area contributed by atoms with Gasteiger partial charge in [0.1, 0.15) is 0 Å². The molecule has 1 heterocycles. The summed E-state index contributed by atoms with van der Waals surface area (Å²) in [5.41, 5.74) is 1.47. The van der Waals surface area contributed by atoms with E-state index in [0.717, 1.165) is 5.69 Å². The Kier molecular flexibility index (Phi) is 4.84. The third-order valence-corrected chi connectivity index (χ3v) is 1.99. The number of nitrogens with zero attached hydrogens (tertiary/aromatic N) is 1. The maximum atomic E-state index is 11.5. The van der Waals surface area contributed by atoms with Gasteiger partial charge in [0.2, 0.25) is 0 Å². The fourth-order valence-corrected chi connectivity index (χ4v) is 1.13. The molecule has 0 aliphatic carbocycles. The molecule has 80 valence electrons. The van der Waals surface area contributed by atoms with E-state index in [4.69, 9.17) is 11.6 Å². The van der Waals surface area contributed by atoms with Crippen molar-refractivity contribution in [2.24, 2.45) is 0 Å². The minimum Gasteiger partial charge on any atom is -0.349 e. The SMILES string of the molecule is Cc1ccc(C(=O)NC/C=C/CCl)cn1. The first kappa shape index (κ1) is 11.7. The number of pyridine rings is 1. The van der Waals surface area contributed by atoms with Crippen LogP contribution in [0, 0.1) is 6.92 Å². The van der Waals surface area contributed by atoms with Crippen molar-refractivity contribution >= 4 is 17.5 Å². The summed E-state index contributed by atoms with van der Waals surface area (Å²) >= 11 is 5.44. The van der Waals surface area contributed by atoms with Crippen LogP contribution in [0.15, 0.2) is 30.5 Å². The van der Waals surface area contributed by atoms with Crippen molar-refractivity contribution in [2.45, 2.75) is 6.92 Å². The topological polar surface area (TPSA) is 42.0 Å². The van der Waals surface area contributed by atoms with Crippen molar-refractivity contribution in [3.05, 3.63) is 41.7 Å². The number of carbonyl (C=O) groups excluding carboxylic acids is 1. The average Bonchev–Trinajstić information content (AvgIpc) is 2.25. The number of alkyl halides is 1. The van der Waals surface area contributed by atoms with Crippen LogP contribution in [0.25, 0.3) is 0 Å². The van der Waals surface area contributed by atoms with Crippen molar-refractivity contribution in [2.75, 3.05) is 12.4 Å². The van der Waals surface area contributed by atoms with Gasteiger partial charge in [0, 0.05) is 24.3 Å². The molecule has 1 N–H and O–H groups in total. The summed E-state index contributed by atoms with van der Waals surface area (Å²) in [5.74, 6) is 0.337. The van der Waals surface area contributed by atoms with Crippen LogP contribution in [-0.4, -0.2) is 23.3 Å². The molecule has 0 aliphatic rings. The minimum absolute atomic E-state index is 0.123. The number of aryl methyl sites for hydroxylation is 1. The Labute approximate surface area is 94.2 Å². The van der Waals surface area contributed by atoms with Gasteiger partial charge in [-0.05, 0) is 19.1 Å². The maximum Gasteiger partial charge on any atom is 0.253 e. The molecule has 0 atom stereocenters. The Balaban J connectivity index is 2.47. The first-order chi connectivity index (χ1) is 7.24. The van der Waals surface area contributed by atoms with Gasteiger partial charge in [0.15, 0.2) is 0 Å². The molecule has 0 unspecified atom stereocenters. The highest BCUT2D eigenvalue weighted by atomic mass is 35.5. The Morgan fingerprint density at radius 3 is 2.93 bits per heavy atom. The van der Waals surface area contributed by atoms with Gasteiger partial charge in [-0.1, -0.05) is 12.2 Å². The largest absolute Gasteiger partial charge is 0.349 e. The van der Waals surface area contributed by atoms with Gasteiger partial charge in [-0.2, -0.15) is 0 Å². The highest BCUT2D eigenvalue weighted by Crippen LogP contribution is 1.98. The van der Waals surface area contributed by atoms with Crippen LogP contribution in [0.4, 0.5) is 0 Å². The molecule has 0 radical (unpaired) electrons.